The molecule has 0 spiro atoms. The minimum absolute atomic E-state index is 0.561. The number of hydrogen-bond acceptors (Lipinski definition) is 4. The lowest BCUT2D eigenvalue weighted by molar-refractivity contribution is 0.605. The Morgan fingerprint density at radius 1 is 1.05 bits per heavy atom. The van der Waals surface area contributed by atoms with Gasteiger partial charge in [0.05, 0.1) is 5.69 Å². The minimum Gasteiger partial charge on any atom is -0.383 e. The van der Waals surface area contributed by atoms with E-state index < -0.39 is 0 Å². The molecule has 0 amide bonds. The van der Waals surface area contributed by atoms with Crippen molar-refractivity contribution < 1.29 is 0 Å². The molecule has 5 heteroatoms. The summed E-state index contributed by atoms with van der Waals surface area (Å²) < 4.78 is 1.66. The first-order valence-corrected chi connectivity index (χ1v) is 8.41. The van der Waals surface area contributed by atoms with Gasteiger partial charge >= 0.3 is 0 Å². The molecule has 0 bridgehead atoms. The van der Waals surface area contributed by atoms with Crippen molar-refractivity contribution in [2.24, 2.45) is 0 Å². The first-order chi connectivity index (χ1) is 10.8. The van der Waals surface area contributed by atoms with Crippen LogP contribution in [-0.2, 0) is 12.8 Å². The molecule has 0 atom stereocenters. The van der Waals surface area contributed by atoms with E-state index in [9.17, 15) is 0 Å². The van der Waals surface area contributed by atoms with E-state index in [0.717, 1.165) is 30.5 Å². The molecule has 0 aliphatic rings. The van der Waals surface area contributed by atoms with Gasteiger partial charge in [-0.05, 0) is 25.3 Å². The maximum atomic E-state index is 6.17. The maximum absolute atomic E-state index is 6.17. The first-order valence-electron chi connectivity index (χ1n) is 8.41. The monoisotopic (exact) mass is 301 g/mol. The van der Waals surface area contributed by atoms with Crippen LogP contribution in [0.5, 0.6) is 0 Å². The van der Waals surface area contributed by atoms with Gasteiger partial charge in [0.25, 0.3) is 5.95 Å². The number of nitrogens with zero attached hydrogens (tertiary/aromatic N) is 4. The molecule has 2 aromatic heterocycles. The Hall–Kier alpha value is -1.91. The molecule has 120 valence electrons. The van der Waals surface area contributed by atoms with Gasteiger partial charge in [-0.25, -0.2) is 9.67 Å². The number of hydrogen-bond donors (Lipinski definition) is 1. The molecule has 0 fully saturated rings. The number of nitrogens with two attached hydrogens (primary N) is 1. The van der Waals surface area contributed by atoms with Crippen molar-refractivity contribution in [3.8, 4) is 5.95 Å². The summed E-state index contributed by atoms with van der Waals surface area (Å²) in [5.41, 5.74) is 8.34. The molecule has 0 saturated heterocycles. The lowest BCUT2D eigenvalue weighted by atomic mass is 10.0. The zero-order valence-electron chi connectivity index (χ0n) is 13.8. The summed E-state index contributed by atoms with van der Waals surface area (Å²) >= 11 is 0. The second-order valence-corrected chi connectivity index (χ2v) is 5.66. The van der Waals surface area contributed by atoms with Gasteiger partial charge in [-0.3, -0.25) is 0 Å². The molecule has 5 nitrogen and oxygen atoms in total. The highest BCUT2D eigenvalue weighted by Crippen LogP contribution is 2.19. The molecule has 0 radical (unpaired) electrons. The fourth-order valence-corrected chi connectivity index (χ4v) is 2.67. The Balaban J connectivity index is 2.01. The lowest BCUT2D eigenvalue weighted by Crippen LogP contribution is -2.11. The van der Waals surface area contributed by atoms with E-state index in [1.807, 2.05) is 12.3 Å². The van der Waals surface area contributed by atoms with Crippen molar-refractivity contribution in [2.75, 3.05) is 5.73 Å². The van der Waals surface area contributed by atoms with Gasteiger partial charge in [-0.15, -0.1) is 0 Å². The normalized spacial score (nSPS) is 11.0. The molecule has 0 aromatic carbocycles. The van der Waals surface area contributed by atoms with Crippen LogP contribution in [0.3, 0.4) is 0 Å². The van der Waals surface area contributed by atoms with Crippen molar-refractivity contribution in [1.82, 2.24) is 19.7 Å². The fourth-order valence-electron chi connectivity index (χ4n) is 2.67. The molecule has 0 saturated carbocycles. The molecule has 2 rings (SSSR count). The number of aromatic nitrogens is 4. The maximum Gasteiger partial charge on any atom is 0.252 e. The lowest BCUT2D eigenvalue weighted by Gasteiger charge is -2.12. The Morgan fingerprint density at radius 2 is 1.82 bits per heavy atom. The highest BCUT2D eigenvalue weighted by Gasteiger charge is 2.12. The summed E-state index contributed by atoms with van der Waals surface area (Å²) in [6, 6.07) is 1.86. The van der Waals surface area contributed by atoms with Crippen LogP contribution in [0.15, 0.2) is 18.5 Å². The van der Waals surface area contributed by atoms with Gasteiger partial charge in [-0.1, -0.05) is 46.0 Å². The molecule has 2 N–H and O–H groups in total. The van der Waals surface area contributed by atoms with Gasteiger partial charge < -0.3 is 5.73 Å². The van der Waals surface area contributed by atoms with E-state index in [4.69, 9.17) is 5.73 Å². The smallest absolute Gasteiger partial charge is 0.252 e. The minimum atomic E-state index is 0.561. The summed E-state index contributed by atoms with van der Waals surface area (Å²) in [5.74, 6) is 1.16. The van der Waals surface area contributed by atoms with E-state index >= 15 is 0 Å². The topological polar surface area (TPSA) is 69.6 Å². The Morgan fingerprint density at radius 3 is 2.50 bits per heavy atom. The Bertz CT molecular complexity index is 563. The first kappa shape index (κ1) is 16.5. The van der Waals surface area contributed by atoms with E-state index in [1.54, 1.807) is 10.9 Å². The summed E-state index contributed by atoms with van der Waals surface area (Å²) in [5, 5.41) is 4.17. The van der Waals surface area contributed by atoms with Gasteiger partial charge in [0.1, 0.15) is 5.82 Å². The van der Waals surface area contributed by atoms with E-state index in [2.05, 4.69) is 28.9 Å². The van der Waals surface area contributed by atoms with Crippen LogP contribution in [0.4, 0.5) is 5.82 Å². The SMILES string of the molecule is CCCCCCCCc1c(N)nc(-n2cccn2)nc1CC. The van der Waals surface area contributed by atoms with Crippen LogP contribution >= 0.6 is 0 Å². The quantitative estimate of drug-likeness (QED) is 0.717. The summed E-state index contributed by atoms with van der Waals surface area (Å²) in [6.45, 7) is 4.35. The molecular formula is C17H27N5. The van der Waals surface area contributed by atoms with Gasteiger partial charge in [0.2, 0.25) is 0 Å². The zero-order valence-corrected chi connectivity index (χ0v) is 13.8. The van der Waals surface area contributed by atoms with Gasteiger partial charge in [0.15, 0.2) is 0 Å². The summed E-state index contributed by atoms with van der Waals surface area (Å²) in [6.07, 6.45) is 13.1. The van der Waals surface area contributed by atoms with Crippen LogP contribution in [0.2, 0.25) is 0 Å². The Kier molecular flexibility index (Phi) is 6.37. The molecule has 0 aliphatic heterocycles. The zero-order chi connectivity index (χ0) is 15.8. The van der Waals surface area contributed by atoms with E-state index in [-0.39, 0.29) is 0 Å². The third kappa shape index (κ3) is 4.29. The predicted octanol–water partition coefficient (Wildman–Crippen LogP) is 3.71. The average molecular weight is 301 g/mol. The molecule has 2 aromatic rings. The van der Waals surface area contributed by atoms with Crippen molar-refractivity contribution in [3.05, 3.63) is 29.7 Å². The van der Waals surface area contributed by atoms with Crippen molar-refractivity contribution in [3.63, 3.8) is 0 Å². The van der Waals surface area contributed by atoms with Crippen LogP contribution in [0.25, 0.3) is 5.95 Å². The largest absolute Gasteiger partial charge is 0.383 e. The molecule has 0 aliphatic carbocycles. The number of aryl methyl sites for hydroxylation is 1. The van der Waals surface area contributed by atoms with Gasteiger partial charge in [0, 0.05) is 18.0 Å². The predicted molar refractivity (Wildman–Crippen MR) is 90.0 cm³/mol. The van der Waals surface area contributed by atoms with Crippen molar-refractivity contribution >= 4 is 5.82 Å². The average Bonchev–Trinajstić information content (AvgIpc) is 3.06. The third-order valence-corrected chi connectivity index (χ3v) is 3.94. The number of anilines is 1. The summed E-state index contributed by atoms with van der Waals surface area (Å²) in [7, 11) is 0. The van der Waals surface area contributed by atoms with Crippen LogP contribution < -0.4 is 5.73 Å². The molecule has 2 heterocycles. The number of rotatable bonds is 9. The second-order valence-electron chi connectivity index (χ2n) is 5.66. The van der Waals surface area contributed by atoms with E-state index in [0.29, 0.717) is 11.8 Å². The van der Waals surface area contributed by atoms with Crippen molar-refractivity contribution in [1.29, 1.82) is 0 Å². The highest BCUT2D eigenvalue weighted by atomic mass is 15.3. The van der Waals surface area contributed by atoms with Crippen LogP contribution in [-0.4, -0.2) is 19.7 Å². The van der Waals surface area contributed by atoms with Gasteiger partial charge in [-0.2, -0.15) is 10.1 Å². The van der Waals surface area contributed by atoms with Crippen molar-refractivity contribution in [2.45, 2.75) is 65.2 Å². The molecule has 22 heavy (non-hydrogen) atoms. The standard InChI is InChI=1S/C17H27N5/c1-3-5-6-7-8-9-11-14-15(4-2)20-17(21-16(14)18)22-13-10-12-19-22/h10,12-13H,3-9,11H2,1-2H3,(H2,18,20,21). The number of nitrogen functional groups attached to an aromatic ring is 1. The second kappa shape index (κ2) is 8.51. The molecular weight excluding hydrogens is 274 g/mol. The highest BCUT2D eigenvalue weighted by molar-refractivity contribution is 5.44. The van der Waals surface area contributed by atoms with Crippen LogP contribution in [0.1, 0.15) is 63.6 Å². The Labute approximate surface area is 133 Å². The van der Waals surface area contributed by atoms with Crippen LogP contribution in [0, 0.1) is 0 Å². The summed E-state index contributed by atoms with van der Waals surface area (Å²) in [4.78, 5) is 9.05. The third-order valence-electron chi connectivity index (χ3n) is 3.94. The molecule has 0 unspecified atom stereocenters. The number of unbranched alkanes of at least 4 members (excludes halogenated alkanes) is 5. The van der Waals surface area contributed by atoms with E-state index in [1.165, 1.54) is 32.1 Å². The fraction of sp³-hybridized carbons (Fsp3) is 0.588.